The number of nitrogens with one attached hydrogen (secondary N) is 2. The second kappa shape index (κ2) is 7.48. The molecule has 0 bridgehead atoms. The van der Waals surface area contributed by atoms with Gasteiger partial charge in [0.25, 0.3) is 0 Å². The van der Waals surface area contributed by atoms with Crippen molar-refractivity contribution in [2.24, 2.45) is 0 Å². The fourth-order valence-electron chi connectivity index (χ4n) is 3.58. The molecule has 0 aliphatic heterocycles. The highest BCUT2D eigenvalue weighted by Gasteiger charge is 2.13. The highest BCUT2D eigenvalue weighted by atomic mass is 15.1. The standard InChI is InChI=1S/C24H22N6/c1-16-5-3-7-20(11-16)25-14-24-28-22(15-30(24)23-8-4-6-17(2)27-23)18-9-10-21-19(12-18)13-26-29-21/h3-13,15,25H,14H2,1-2H3,(H,26,29). The summed E-state index contributed by atoms with van der Waals surface area (Å²) in [5.74, 6) is 1.76. The molecule has 3 heterocycles. The fourth-order valence-corrected chi connectivity index (χ4v) is 3.58. The minimum Gasteiger partial charge on any atom is -0.378 e. The number of hydrogen-bond acceptors (Lipinski definition) is 4. The van der Waals surface area contributed by atoms with E-state index in [0.717, 1.165) is 45.2 Å². The SMILES string of the molecule is Cc1cccc(NCc2nc(-c3ccc4[nH]ncc4c3)cn2-c2cccc(C)n2)c1. The van der Waals surface area contributed by atoms with E-state index in [1.807, 2.05) is 37.4 Å². The summed E-state index contributed by atoms with van der Waals surface area (Å²) in [5, 5.41) is 11.7. The monoisotopic (exact) mass is 394 g/mol. The Hall–Kier alpha value is -3.93. The third kappa shape index (κ3) is 3.55. The van der Waals surface area contributed by atoms with E-state index < -0.39 is 0 Å². The molecule has 0 saturated carbocycles. The zero-order valence-corrected chi connectivity index (χ0v) is 16.9. The zero-order valence-electron chi connectivity index (χ0n) is 16.9. The van der Waals surface area contributed by atoms with Crippen molar-refractivity contribution in [3.63, 3.8) is 0 Å². The van der Waals surface area contributed by atoms with Crippen LogP contribution in [0.3, 0.4) is 0 Å². The van der Waals surface area contributed by atoms with Crippen LogP contribution in [0.5, 0.6) is 0 Å². The topological polar surface area (TPSA) is 71.4 Å². The number of nitrogens with zero attached hydrogens (tertiary/aromatic N) is 4. The van der Waals surface area contributed by atoms with Crippen LogP contribution in [0.4, 0.5) is 5.69 Å². The van der Waals surface area contributed by atoms with E-state index >= 15 is 0 Å². The zero-order chi connectivity index (χ0) is 20.5. The van der Waals surface area contributed by atoms with Crippen molar-refractivity contribution in [3.05, 3.63) is 90.1 Å². The maximum absolute atomic E-state index is 4.95. The highest BCUT2D eigenvalue weighted by molar-refractivity contribution is 5.83. The molecule has 30 heavy (non-hydrogen) atoms. The van der Waals surface area contributed by atoms with Gasteiger partial charge < -0.3 is 5.32 Å². The maximum Gasteiger partial charge on any atom is 0.138 e. The van der Waals surface area contributed by atoms with E-state index in [2.05, 4.69) is 69.6 Å². The predicted molar refractivity (Wildman–Crippen MR) is 120 cm³/mol. The Balaban J connectivity index is 1.54. The van der Waals surface area contributed by atoms with E-state index in [9.17, 15) is 0 Å². The van der Waals surface area contributed by atoms with Crippen LogP contribution in [0, 0.1) is 13.8 Å². The van der Waals surface area contributed by atoms with Crippen LogP contribution in [0.1, 0.15) is 17.1 Å². The van der Waals surface area contributed by atoms with Gasteiger partial charge in [0.1, 0.15) is 11.6 Å². The third-order valence-electron chi connectivity index (χ3n) is 5.10. The van der Waals surface area contributed by atoms with Crippen molar-refractivity contribution >= 4 is 16.6 Å². The number of H-pyrrole nitrogens is 1. The second-order valence-corrected chi connectivity index (χ2v) is 7.44. The van der Waals surface area contributed by atoms with Gasteiger partial charge in [0.15, 0.2) is 0 Å². The summed E-state index contributed by atoms with van der Waals surface area (Å²) in [5.41, 5.74) is 6.23. The lowest BCUT2D eigenvalue weighted by atomic mass is 10.1. The fraction of sp³-hybridized carbons (Fsp3) is 0.125. The first-order chi connectivity index (χ1) is 14.7. The molecule has 148 valence electrons. The molecular formula is C24H22N6. The molecule has 0 amide bonds. The number of benzene rings is 2. The molecule has 0 aliphatic rings. The minimum absolute atomic E-state index is 0.590. The first-order valence-corrected chi connectivity index (χ1v) is 9.92. The summed E-state index contributed by atoms with van der Waals surface area (Å²) >= 11 is 0. The van der Waals surface area contributed by atoms with E-state index in [1.165, 1.54) is 5.56 Å². The number of aromatic nitrogens is 5. The Morgan fingerprint density at radius 2 is 1.87 bits per heavy atom. The summed E-state index contributed by atoms with van der Waals surface area (Å²) in [6.45, 7) is 4.68. The average Bonchev–Trinajstić information content (AvgIpc) is 3.39. The first kappa shape index (κ1) is 18.1. The lowest BCUT2D eigenvalue weighted by molar-refractivity contribution is 0.868. The lowest BCUT2D eigenvalue weighted by Gasteiger charge is -2.10. The van der Waals surface area contributed by atoms with Crippen molar-refractivity contribution in [3.8, 4) is 17.1 Å². The van der Waals surface area contributed by atoms with Crippen LogP contribution in [0.25, 0.3) is 28.0 Å². The molecule has 0 spiro atoms. The average molecular weight is 394 g/mol. The Kier molecular flexibility index (Phi) is 4.52. The van der Waals surface area contributed by atoms with Gasteiger partial charge in [-0.05, 0) is 55.8 Å². The number of fused-ring (bicyclic) bond motifs is 1. The first-order valence-electron chi connectivity index (χ1n) is 9.92. The number of pyridine rings is 1. The minimum atomic E-state index is 0.590. The number of hydrogen-bond donors (Lipinski definition) is 2. The lowest BCUT2D eigenvalue weighted by Crippen LogP contribution is -2.08. The molecule has 2 aromatic carbocycles. The van der Waals surface area contributed by atoms with Gasteiger partial charge in [-0.2, -0.15) is 5.10 Å². The summed E-state index contributed by atoms with van der Waals surface area (Å²) in [4.78, 5) is 9.65. The molecule has 0 fully saturated rings. The van der Waals surface area contributed by atoms with Crippen LogP contribution in [-0.4, -0.2) is 24.7 Å². The largest absolute Gasteiger partial charge is 0.378 e. The van der Waals surface area contributed by atoms with Crippen molar-refractivity contribution in [2.75, 3.05) is 5.32 Å². The van der Waals surface area contributed by atoms with E-state index in [4.69, 9.17) is 9.97 Å². The normalized spacial score (nSPS) is 11.1. The number of aromatic amines is 1. The summed E-state index contributed by atoms with van der Waals surface area (Å²) in [6.07, 6.45) is 3.88. The molecule has 5 rings (SSSR count). The molecule has 0 radical (unpaired) electrons. The maximum atomic E-state index is 4.95. The van der Waals surface area contributed by atoms with Crippen molar-refractivity contribution in [1.29, 1.82) is 0 Å². The van der Waals surface area contributed by atoms with E-state index in [-0.39, 0.29) is 0 Å². The summed E-state index contributed by atoms with van der Waals surface area (Å²) in [7, 11) is 0. The molecule has 0 saturated heterocycles. The molecule has 6 heteroatoms. The van der Waals surface area contributed by atoms with Crippen LogP contribution in [0.15, 0.2) is 73.1 Å². The van der Waals surface area contributed by atoms with Crippen molar-refractivity contribution in [2.45, 2.75) is 20.4 Å². The Labute approximate surface area is 174 Å². The van der Waals surface area contributed by atoms with E-state index in [1.54, 1.807) is 0 Å². The van der Waals surface area contributed by atoms with Gasteiger partial charge in [0.2, 0.25) is 0 Å². The van der Waals surface area contributed by atoms with Crippen molar-refractivity contribution < 1.29 is 0 Å². The molecular weight excluding hydrogens is 372 g/mol. The summed E-state index contributed by atoms with van der Waals surface area (Å²) < 4.78 is 2.06. The molecule has 2 N–H and O–H groups in total. The van der Waals surface area contributed by atoms with Crippen LogP contribution in [0.2, 0.25) is 0 Å². The van der Waals surface area contributed by atoms with Crippen molar-refractivity contribution in [1.82, 2.24) is 24.7 Å². The number of anilines is 1. The van der Waals surface area contributed by atoms with Gasteiger partial charge in [-0.3, -0.25) is 9.67 Å². The van der Waals surface area contributed by atoms with Crippen LogP contribution in [-0.2, 0) is 6.54 Å². The van der Waals surface area contributed by atoms with Crippen LogP contribution < -0.4 is 5.32 Å². The van der Waals surface area contributed by atoms with E-state index in [0.29, 0.717) is 6.54 Å². The van der Waals surface area contributed by atoms with Crippen LogP contribution >= 0.6 is 0 Å². The Morgan fingerprint density at radius 1 is 0.967 bits per heavy atom. The molecule has 0 unspecified atom stereocenters. The van der Waals surface area contributed by atoms with Gasteiger partial charge in [-0.15, -0.1) is 0 Å². The smallest absolute Gasteiger partial charge is 0.138 e. The highest BCUT2D eigenvalue weighted by Crippen LogP contribution is 2.25. The number of imidazole rings is 1. The van der Waals surface area contributed by atoms with Gasteiger partial charge in [0, 0.05) is 28.5 Å². The molecule has 0 aliphatic carbocycles. The molecule has 3 aromatic heterocycles. The Bertz CT molecular complexity index is 1330. The van der Waals surface area contributed by atoms with Gasteiger partial charge >= 0.3 is 0 Å². The molecule has 0 atom stereocenters. The Morgan fingerprint density at radius 3 is 2.73 bits per heavy atom. The van der Waals surface area contributed by atoms with Gasteiger partial charge in [-0.25, -0.2) is 9.97 Å². The number of aryl methyl sites for hydroxylation is 2. The van der Waals surface area contributed by atoms with Gasteiger partial charge in [-0.1, -0.05) is 24.3 Å². The van der Waals surface area contributed by atoms with Gasteiger partial charge in [0.05, 0.1) is 24.0 Å². The number of rotatable bonds is 5. The quantitative estimate of drug-likeness (QED) is 0.438. The molecule has 5 aromatic rings. The molecule has 6 nitrogen and oxygen atoms in total. The third-order valence-corrected chi connectivity index (χ3v) is 5.10. The second-order valence-electron chi connectivity index (χ2n) is 7.44. The predicted octanol–water partition coefficient (Wildman–Crippen LogP) is 5.04. The summed E-state index contributed by atoms with van der Waals surface area (Å²) in [6, 6.07) is 20.6.